The van der Waals surface area contributed by atoms with E-state index in [1.165, 1.54) is 48.7 Å². The van der Waals surface area contributed by atoms with Crippen LogP contribution in [0.2, 0.25) is 0 Å². The number of rotatable bonds is 4. The van der Waals surface area contributed by atoms with Gasteiger partial charge in [-0.3, -0.25) is 4.79 Å². The molecule has 3 aromatic rings. The first kappa shape index (κ1) is 18.3. The summed E-state index contributed by atoms with van der Waals surface area (Å²) in [5.74, 6) is -1.68. The Morgan fingerprint density at radius 1 is 1.11 bits per heavy atom. The summed E-state index contributed by atoms with van der Waals surface area (Å²) in [6.07, 6.45) is 2.41. The third-order valence-corrected chi connectivity index (χ3v) is 3.82. The number of aryl methyl sites for hydroxylation is 2. The molecule has 0 bridgehead atoms. The Hall–Kier alpha value is -3.48. The molecule has 0 fully saturated rings. The van der Waals surface area contributed by atoms with Crippen LogP contribution < -0.4 is 14.8 Å². The molecule has 1 aromatic heterocycles. The summed E-state index contributed by atoms with van der Waals surface area (Å²) in [5.41, 5.74) is 0.946. The number of amides is 1. The molecule has 5 nitrogen and oxygen atoms in total. The summed E-state index contributed by atoms with van der Waals surface area (Å²) >= 11 is 0. The Morgan fingerprint density at radius 3 is 2.59 bits per heavy atom. The summed E-state index contributed by atoms with van der Waals surface area (Å²) in [6, 6.07) is 9.57. The smallest absolute Gasteiger partial charge is 0.262 e. The molecule has 0 spiro atoms. The summed E-state index contributed by atoms with van der Waals surface area (Å²) in [5, 5.41) is 13.8. The van der Waals surface area contributed by atoms with Crippen molar-refractivity contribution < 1.29 is 23.0 Å². The van der Waals surface area contributed by atoms with E-state index in [4.69, 9.17) is 4.74 Å². The van der Waals surface area contributed by atoms with Crippen LogP contribution in [0.4, 0.5) is 14.5 Å². The van der Waals surface area contributed by atoms with Crippen molar-refractivity contribution >= 4 is 11.6 Å². The fourth-order valence-corrected chi connectivity index (χ4v) is 2.58. The number of pyridine rings is 1. The molecule has 3 rings (SSSR count). The minimum atomic E-state index is -0.770. The number of halogens is 2. The highest BCUT2D eigenvalue weighted by atomic mass is 19.1. The summed E-state index contributed by atoms with van der Waals surface area (Å²) in [7, 11) is 0. The Kier molecular flexibility index (Phi) is 5.03. The van der Waals surface area contributed by atoms with Crippen molar-refractivity contribution in [3.8, 4) is 11.5 Å². The van der Waals surface area contributed by atoms with Crippen molar-refractivity contribution in [3.05, 3.63) is 88.4 Å². The Morgan fingerprint density at radius 2 is 1.89 bits per heavy atom. The van der Waals surface area contributed by atoms with Gasteiger partial charge in [0.1, 0.15) is 34.4 Å². The minimum Gasteiger partial charge on any atom is -0.619 e. The second kappa shape index (κ2) is 7.41. The number of aromatic nitrogens is 1. The predicted molar refractivity (Wildman–Crippen MR) is 95.7 cm³/mol. The largest absolute Gasteiger partial charge is 0.619 e. The zero-order chi connectivity index (χ0) is 19.6. The van der Waals surface area contributed by atoms with Gasteiger partial charge in [-0.1, -0.05) is 0 Å². The minimum absolute atomic E-state index is 0.00867. The Labute approximate surface area is 154 Å². The van der Waals surface area contributed by atoms with Crippen LogP contribution in [0.3, 0.4) is 0 Å². The zero-order valence-corrected chi connectivity index (χ0v) is 14.6. The van der Waals surface area contributed by atoms with Crippen molar-refractivity contribution in [2.45, 2.75) is 13.8 Å². The highest BCUT2D eigenvalue weighted by molar-refractivity contribution is 6.06. The van der Waals surface area contributed by atoms with Gasteiger partial charge in [0.2, 0.25) is 6.20 Å². The monoisotopic (exact) mass is 370 g/mol. The van der Waals surface area contributed by atoms with E-state index >= 15 is 0 Å². The van der Waals surface area contributed by atoms with Gasteiger partial charge in [0.25, 0.3) is 5.91 Å². The van der Waals surface area contributed by atoms with Gasteiger partial charge in [-0.25, -0.2) is 8.78 Å². The molecule has 7 heteroatoms. The molecule has 0 saturated heterocycles. The zero-order valence-electron chi connectivity index (χ0n) is 14.6. The van der Waals surface area contributed by atoms with Gasteiger partial charge in [-0.05, 0) is 61.4 Å². The maximum absolute atomic E-state index is 14.5. The van der Waals surface area contributed by atoms with Crippen LogP contribution in [0.5, 0.6) is 11.5 Å². The quantitative estimate of drug-likeness (QED) is 0.551. The predicted octanol–water partition coefficient (Wildman–Crippen LogP) is 4.26. The van der Waals surface area contributed by atoms with Crippen molar-refractivity contribution in [1.82, 2.24) is 0 Å². The molecule has 27 heavy (non-hydrogen) atoms. The number of ether oxygens (including phenoxy) is 1. The molecule has 0 saturated carbocycles. The summed E-state index contributed by atoms with van der Waals surface area (Å²) in [6.45, 7) is 3.30. The average molecular weight is 370 g/mol. The summed E-state index contributed by atoms with van der Waals surface area (Å²) < 4.78 is 34.1. The van der Waals surface area contributed by atoms with E-state index in [2.05, 4.69) is 5.32 Å². The molecule has 1 heterocycles. The van der Waals surface area contributed by atoms with Crippen LogP contribution >= 0.6 is 0 Å². The van der Waals surface area contributed by atoms with Gasteiger partial charge in [0.05, 0.1) is 0 Å². The van der Waals surface area contributed by atoms with Crippen LogP contribution in [0, 0.1) is 30.7 Å². The molecule has 138 valence electrons. The highest BCUT2D eigenvalue weighted by Gasteiger charge is 2.21. The maximum Gasteiger partial charge on any atom is 0.262 e. The number of carbonyl (C=O) groups excluding carboxylic acids is 1. The fraction of sp³-hybridized carbons (Fsp3) is 0.100. The molecular weight excluding hydrogens is 354 g/mol. The first-order valence-corrected chi connectivity index (χ1v) is 8.08. The van der Waals surface area contributed by atoms with E-state index in [0.717, 1.165) is 6.20 Å². The standard InChI is InChI=1S/C20H16F2N2O3/c1-12-8-16(22)19(20(25)23-15-4-3-7-24(26)11-15)18(9-12)27-17-6-5-14(21)10-13(17)2/h3-11H,1-2H3,(H,23,25). The van der Waals surface area contributed by atoms with Crippen LogP contribution in [-0.2, 0) is 0 Å². The Balaban J connectivity index is 1.98. The van der Waals surface area contributed by atoms with Crippen molar-refractivity contribution in [3.63, 3.8) is 0 Å². The fourth-order valence-electron chi connectivity index (χ4n) is 2.58. The van der Waals surface area contributed by atoms with E-state index < -0.39 is 17.5 Å². The van der Waals surface area contributed by atoms with Crippen molar-refractivity contribution in [2.24, 2.45) is 0 Å². The third-order valence-electron chi connectivity index (χ3n) is 3.82. The lowest BCUT2D eigenvalue weighted by Crippen LogP contribution is -2.25. The Bertz CT molecular complexity index is 1020. The third kappa shape index (κ3) is 4.20. The molecule has 0 aliphatic rings. The van der Waals surface area contributed by atoms with Crippen LogP contribution in [0.15, 0.2) is 54.9 Å². The van der Waals surface area contributed by atoms with Crippen LogP contribution in [-0.4, -0.2) is 5.91 Å². The number of benzene rings is 2. The average Bonchev–Trinajstić information content (AvgIpc) is 2.56. The van der Waals surface area contributed by atoms with Gasteiger partial charge in [0, 0.05) is 6.07 Å². The van der Waals surface area contributed by atoms with E-state index in [9.17, 15) is 18.8 Å². The molecular formula is C20H16F2N2O3. The van der Waals surface area contributed by atoms with Crippen molar-refractivity contribution in [2.75, 3.05) is 5.32 Å². The summed E-state index contributed by atoms with van der Waals surface area (Å²) in [4.78, 5) is 12.6. The van der Waals surface area contributed by atoms with E-state index in [1.54, 1.807) is 13.8 Å². The van der Waals surface area contributed by atoms with Crippen LogP contribution in [0.25, 0.3) is 0 Å². The van der Waals surface area contributed by atoms with Gasteiger partial charge in [-0.15, -0.1) is 0 Å². The second-order valence-electron chi connectivity index (χ2n) is 6.04. The molecule has 0 unspecified atom stereocenters. The van der Waals surface area contributed by atoms with E-state index in [0.29, 0.717) is 21.6 Å². The molecule has 1 amide bonds. The second-order valence-corrected chi connectivity index (χ2v) is 6.04. The highest BCUT2D eigenvalue weighted by Crippen LogP contribution is 2.31. The topological polar surface area (TPSA) is 65.3 Å². The number of hydrogen-bond donors (Lipinski definition) is 1. The number of carbonyl (C=O) groups is 1. The lowest BCUT2D eigenvalue weighted by atomic mass is 10.1. The first-order chi connectivity index (χ1) is 12.8. The SMILES string of the molecule is Cc1cc(F)c(C(=O)Nc2ccc[n+]([O-])c2)c(Oc2ccc(F)cc2C)c1. The van der Waals surface area contributed by atoms with Crippen LogP contribution in [0.1, 0.15) is 21.5 Å². The number of nitrogens with zero attached hydrogens (tertiary/aromatic N) is 1. The first-order valence-electron chi connectivity index (χ1n) is 8.08. The molecule has 0 atom stereocenters. The molecule has 1 N–H and O–H groups in total. The number of nitrogens with one attached hydrogen (secondary N) is 1. The van der Waals surface area contributed by atoms with Gasteiger partial charge >= 0.3 is 0 Å². The molecule has 0 aliphatic carbocycles. The molecule has 0 aliphatic heterocycles. The van der Waals surface area contributed by atoms with Gasteiger partial charge in [-0.2, -0.15) is 4.73 Å². The van der Waals surface area contributed by atoms with Gasteiger partial charge in [0.15, 0.2) is 6.20 Å². The van der Waals surface area contributed by atoms with Crippen molar-refractivity contribution in [1.29, 1.82) is 0 Å². The van der Waals surface area contributed by atoms with E-state index in [1.807, 2.05) is 0 Å². The van der Waals surface area contributed by atoms with Gasteiger partial charge < -0.3 is 15.3 Å². The van der Waals surface area contributed by atoms with E-state index in [-0.39, 0.29) is 17.0 Å². The molecule has 2 aromatic carbocycles. The normalized spacial score (nSPS) is 10.5. The molecule has 0 radical (unpaired) electrons. The maximum atomic E-state index is 14.5. The number of anilines is 1. The lowest BCUT2D eigenvalue weighted by molar-refractivity contribution is -0.604. The lowest BCUT2D eigenvalue weighted by Gasteiger charge is -2.14. The number of hydrogen-bond acceptors (Lipinski definition) is 3.